The van der Waals surface area contributed by atoms with Crippen molar-refractivity contribution >= 4 is 33.8 Å². The van der Waals surface area contributed by atoms with E-state index in [4.69, 9.17) is 9.15 Å². The van der Waals surface area contributed by atoms with Crippen molar-refractivity contribution in [1.29, 1.82) is 0 Å². The van der Waals surface area contributed by atoms with Gasteiger partial charge >= 0.3 is 5.97 Å². The zero-order chi connectivity index (χ0) is 19.2. The molecule has 0 bridgehead atoms. The molecule has 0 fully saturated rings. The maximum atomic E-state index is 12.2. The van der Waals surface area contributed by atoms with E-state index in [-0.39, 0.29) is 12.4 Å². The fourth-order valence-corrected chi connectivity index (χ4v) is 2.72. The molecule has 0 unspecified atom stereocenters. The van der Waals surface area contributed by atoms with E-state index in [1.165, 1.54) is 12.2 Å². The Hall–Kier alpha value is -2.92. The maximum absolute atomic E-state index is 12.2. The number of ether oxygens (including phenoxy) is 1. The Bertz CT molecular complexity index is 966. The van der Waals surface area contributed by atoms with Crippen molar-refractivity contribution in [1.82, 2.24) is 0 Å². The van der Waals surface area contributed by atoms with Gasteiger partial charge < -0.3 is 9.15 Å². The average molecular weight is 425 g/mol. The summed E-state index contributed by atoms with van der Waals surface area (Å²) in [7, 11) is 0. The third-order valence-corrected chi connectivity index (χ3v) is 4.40. The molecule has 0 spiro atoms. The van der Waals surface area contributed by atoms with Gasteiger partial charge in [-0.25, -0.2) is 4.79 Å². The Morgan fingerprint density at radius 2 is 1.59 bits per heavy atom. The number of carbonyl (C=O) groups is 2. The van der Waals surface area contributed by atoms with E-state index >= 15 is 0 Å². The molecule has 0 amide bonds. The summed E-state index contributed by atoms with van der Waals surface area (Å²) in [6, 6.07) is 18.7. The summed E-state index contributed by atoms with van der Waals surface area (Å²) in [5, 5.41) is 0. The number of hydrogen-bond acceptors (Lipinski definition) is 4. The van der Waals surface area contributed by atoms with Gasteiger partial charge in [-0.3, -0.25) is 4.79 Å². The molecule has 3 rings (SSSR count). The lowest BCUT2D eigenvalue weighted by Crippen LogP contribution is -2.12. The maximum Gasteiger partial charge on any atom is 0.331 e. The summed E-state index contributed by atoms with van der Waals surface area (Å²) in [6.45, 7) is 1.51. The Balaban J connectivity index is 1.55. The highest BCUT2D eigenvalue weighted by atomic mass is 79.9. The normalized spacial score (nSPS) is 10.9. The number of rotatable bonds is 6. The quantitative estimate of drug-likeness (QED) is 0.299. The Morgan fingerprint density at radius 3 is 2.19 bits per heavy atom. The zero-order valence-electron chi connectivity index (χ0n) is 14.6. The molecule has 1 aromatic heterocycles. The Labute approximate surface area is 165 Å². The summed E-state index contributed by atoms with van der Waals surface area (Å²) in [6.07, 6.45) is 2.75. The molecule has 0 aliphatic rings. The summed E-state index contributed by atoms with van der Waals surface area (Å²) in [5.41, 5.74) is 2.56. The third-order valence-electron chi connectivity index (χ3n) is 3.87. The number of benzene rings is 2. The first kappa shape index (κ1) is 18.9. The molecule has 0 aliphatic heterocycles. The molecule has 0 N–H and O–H groups in total. The lowest BCUT2D eigenvalue weighted by Gasteiger charge is -2.05. The van der Waals surface area contributed by atoms with E-state index in [1.807, 2.05) is 43.3 Å². The Kier molecular flexibility index (Phi) is 6.04. The van der Waals surface area contributed by atoms with E-state index in [0.717, 1.165) is 21.4 Å². The van der Waals surface area contributed by atoms with Crippen molar-refractivity contribution in [3.63, 3.8) is 0 Å². The van der Waals surface area contributed by atoms with Crippen LogP contribution >= 0.6 is 15.9 Å². The van der Waals surface area contributed by atoms with Crippen LogP contribution in [0.3, 0.4) is 0 Å². The largest absolute Gasteiger partial charge is 0.462 e. The number of esters is 1. The molecule has 0 aliphatic carbocycles. The van der Waals surface area contributed by atoms with E-state index < -0.39 is 5.97 Å². The van der Waals surface area contributed by atoms with Crippen LogP contribution in [-0.2, 0) is 9.53 Å². The second-order valence-corrected chi connectivity index (χ2v) is 6.81. The number of hydrogen-bond donors (Lipinski definition) is 0. The zero-order valence-corrected chi connectivity index (χ0v) is 16.2. The van der Waals surface area contributed by atoms with E-state index in [1.54, 1.807) is 24.3 Å². The molecular formula is C22H17BrO4. The number of ketones is 1. The Morgan fingerprint density at radius 1 is 0.963 bits per heavy atom. The summed E-state index contributed by atoms with van der Waals surface area (Å²) in [4.78, 5) is 23.9. The first-order valence-corrected chi connectivity index (χ1v) is 9.11. The van der Waals surface area contributed by atoms with Crippen LogP contribution in [0, 0.1) is 6.92 Å². The van der Waals surface area contributed by atoms with Crippen molar-refractivity contribution in [2.75, 3.05) is 6.61 Å². The topological polar surface area (TPSA) is 56.5 Å². The standard InChI is InChI=1S/C22H17BrO4/c1-15-2-11-20(27-15)12-13-22(25)26-14-21(24)18-5-3-16(4-6-18)17-7-9-19(23)10-8-17/h2-13H,14H2,1H3/b13-12+. The lowest BCUT2D eigenvalue weighted by molar-refractivity contribution is -0.136. The summed E-state index contributed by atoms with van der Waals surface area (Å²) < 4.78 is 11.3. The monoisotopic (exact) mass is 424 g/mol. The highest BCUT2D eigenvalue weighted by Crippen LogP contribution is 2.22. The molecule has 0 saturated carbocycles. The van der Waals surface area contributed by atoms with Gasteiger partial charge in [0.05, 0.1) is 0 Å². The van der Waals surface area contributed by atoms with Gasteiger partial charge in [-0.05, 0) is 48.4 Å². The van der Waals surface area contributed by atoms with Crippen LogP contribution in [0.4, 0.5) is 0 Å². The van der Waals surface area contributed by atoms with E-state index in [0.29, 0.717) is 11.3 Å². The summed E-state index contributed by atoms with van der Waals surface area (Å²) >= 11 is 3.41. The number of furan rings is 1. The number of halogens is 1. The predicted molar refractivity (Wildman–Crippen MR) is 107 cm³/mol. The molecule has 136 valence electrons. The second kappa shape index (κ2) is 8.64. The van der Waals surface area contributed by atoms with Crippen LogP contribution in [0.15, 0.2) is 75.6 Å². The van der Waals surface area contributed by atoms with Crippen molar-refractivity contribution in [3.05, 3.63) is 88.3 Å². The molecule has 1 heterocycles. The van der Waals surface area contributed by atoms with Crippen LogP contribution < -0.4 is 0 Å². The minimum absolute atomic E-state index is 0.257. The molecule has 0 radical (unpaired) electrons. The van der Waals surface area contributed by atoms with E-state index in [2.05, 4.69) is 15.9 Å². The average Bonchev–Trinajstić information content (AvgIpc) is 3.10. The van der Waals surface area contributed by atoms with Gasteiger partial charge in [-0.2, -0.15) is 0 Å². The van der Waals surface area contributed by atoms with Crippen LogP contribution in [0.2, 0.25) is 0 Å². The number of carbonyl (C=O) groups excluding carboxylic acids is 2. The van der Waals surface area contributed by atoms with E-state index in [9.17, 15) is 9.59 Å². The molecule has 3 aromatic rings. The molecule has 2 aromatic carbocycles. The second-order valence-electron chi connectivity index (χ2n) is 5.90. The highest BCUT2D eigenvalue weighted by Gasteiger charge is 2.09. The summed E-state index contributed by atoms with van der Waals surface area (Å²) in [5.74, 6) is 0.459. The van der Waals surface area contributed by atoms with Gasteiger partial charge in [-0.1, -0.05) is 52.3 Å². The highest BCUT2D eigenvalue weighted by molar-refractivity contribution is 9.10. The SMILES string of the molecule is Cc1ccc(/C=C/C(=O)OCC(=O)c2ccc(-c3ccc(Br)cc3)cc2)o1. The third kappa shape index (κ3) is 5.28. The van der Waals surface area contributed by atoms with Crippen LogP contribution in [0.5, 0.6) is 0 Å². The van der Waals surface area contributed by atoms with Crippen LogP contribution in [0.25, 0.3) is 17.2 Å². The predicted octanol–water partition coefficient (Wildman–Crippen LogP) is 5.46. The smallest absolute Gasteiger partial charge is 0.331 e. The van der Waals surface area contributed by atoms with Crippen molar-refractivity contribution in [3.8, 4) is 11.1 Å². The first-order valence-electron chi connectivity index (χ1n) is 8.32. The molecule has 27 heavy (non-hydrogen) atoms. The minimum atomic E-state index is -0.594. The van der Waals surface area contributed by atoms with Crippen LogP contribution in [-0.4, -0.2) is 18.4 Å². The van der Waals surface area contributed by atoms with Crippen molar-refractivity contribution in [2.45, 2.75) is 6.92 Å². The number of aryl methyl sites for hydroxylation is 1. The molecule has 0 atom stereocenters. The molecule has 5 heteroatoms. The molecule has 0 saturated heterocycles. The van der Waals surface area contributed by atoms with Gasteiger partial charge in [0.2, 0.25) is 0 Å². The van der Waals surface area contributed by atoms with Gasteiger partial charge in [-0.15, -0.1) is 0 Å². The van der Waals surface area contributed by atoms with Gasteiger partial charge in [0, 0.05) is 16.1 Å². The minimum Gasteiger partial charge on any atom is -0.462 e. The van der Waals surface area contributed by atoms with Crippen LogP contribution in [0.1, 0.15) is 21.9 Å². The van der Waals surface area contributed by atoms with Gasteiger partial charge in [0.1, 0.15) is 11.5 Å². The van der Waals surface area contributed by atoms with Crippen molar-refractivity contribution in [2.24, 2.45) is 0 Å². The van der Waals surface area contributed by atoms with Gasteiger partial charge in [0.25, 0.3) is 0 Å². The molecule has 4 nitrogen and oxygen atoms in total. The van der Waals surface area contributed by atoms with Gasteiger partial charge in [0.15, 0.2) is 12.4 Å². The lowest BCUT2D eigenvalue weighted by atomic mass is 10.0. The number of Topliss-reactive ketones (excluding diaryl/α,β-unsaturated/α-hetero) is 1. The fourth-order valence-electron chi connectivity index (χ4n) is 2.45. The molecular weight excluding hydrogens is 408 g/mol. The van der Waals surface area contributed by atoms with Crippen molar-refractivity contribution < 1.29 is 18.7 Å². The fraction of sp³-hybridized carbons (Fsp3) is 0.0909. The first-order chi connectivity index (χ1) is 13.0.